The fraction of sp³-hybridized carbons (Fsp3) is 0.312. The number of ether oxygens (including phenoxy) is 2. The predicted molar refractivity (Wildman–Crippen MR) is 83.5 cm³/mol. The summed E-state index contributed by atoms with van der Waals surface area (Å²) < 4.78 is 9.45. The minimum Gasteiger partial charge on any atom is -0.466 e. The van der Waals surface area contributed by atoms with Gasteiger partial charge in [0.15, 0.2) is 0 Å². The number of rotatable bonds is 6. The summed E-state index contributed by atoms with van der Waals surface area (Å²) in [6.07, 6.45) is 1.94. The second-order valence-electron chi connectivity index (χ2n) is 4.79. The van der Waals surface area contributed by atoms with Crippen molar-refractivity contribution >= 4 is 18.0 Å². The van der Waals surface area contributed by atoms with Crippen molar-refractivity contribution in [3.8, 4) is 0 Å². The van der Waals surface area contributed by atoms with Crippen LogP contribution >= 0.6 is 0 Å². The fourth-order valence-electron chi connectivity index (χ4n) is 1.60. The van der Waals surface area contributed by atoms with Crippen molar-refractivity contribution in [3.63, 3.8) is 0 Å². The zero-order valence-corrected chi connectivity index (χ0v) is 13.3. The Hall–Kier alpha value is -2.83. The average Bonchev–Trinajstić information content (AvgIpc) is 2.56. The normalized spacial score (nSPS) is 11.6. The van der Waals surface area contributed by atoms with E-state index in [1.165, 1.54) is 12.0 Å². The summed E-state index contributed by atoms with van der Waals surface area (Å²) in [5.74, 6) is -1.35. The van der Waals surface area contributed by atoms with E-state index < -0.39 is 18.0 Å². The molecule has 0 aliphatic rings. The summed E-state index contributed by atoms with van der Waals surface area (Å²) in [6, 6.07) is 8.32. The largest absolute Gasteiger partial charge is 0.466 e. The number of carbonyl (C=O) groups excluding carboxylic acids is 3. The van der Waals surface area contributed by atoms with E-state index in [1.54, 1.807) is 14.1 Å². The summed E-state index contributed by atoms with van der Waals surface area (Å²) in [4.78, 5) is 35.7. The van der Waals surface area contributed by atoms with Crippen LogP contribution in [0, 0.1) is 0 Å². The minimum absolute atomic E-state index is 0.0616. The molecular formula is C16H20N2O5. The van der Waals surface area contributed by atoms with Gasteiger partial charge in [-0.05, 0) is 5.56 Å². The van der Waals surface area contributed by atoms with Gasteiger partial charge in [0.05, 0.1) is 13.2 Å². The molecule has 1 rings (SSSR count). The van der Waals surface area contributed by atoms with Crippen LogP contribution in [0.15, 0.2) is 42.5 Å². The first-order valence-electron chi connectivity index (χ1n) is 6.89. The highest BCUT2D eigenvalue weighted by molar-refractivity contribution is 5.91. The SMILES string of the molecule is COC(=O)/C=C/C(=O)OC[C@H](NC(=O)N(C)C)c1ccccc1. The van der Waals surface area contributed by atoms with Crippen molar-refractivity contribution < 1.29 is 23.9 Å². The lowest BCUT2D eigenvalue weighted by Crippen LogP contribution is -2.39. The van der Waals surface area contributed by atoms with Crippen LogP contribution in [0.25, 0.3) is 0 Å². The second-order valence-corrected chi connectivity index (χ2v) is 4.79. The van der Waals surface area contributed by atoms with Crippen molar-refractivity contribution in [1.29, 1.82) is 0 Å². The van der Waals surface area contributed by atoms with E-state index in [0.29, 0.717) is 0 Å². The molecule has 7 nitrogen and oxygen atoms in total. The summed E-state index contributed by atoms with van der Waals surface area (Å²) in [6.45, 7) is -0.0616. The highest BCUT2D eigenvalue weighted by atomic mass is 16.5. The molecule has 1 atom stereocenters. The molecule has 23 heavy (non-hydrogen) atoms. The zero-order valence-electron chi connectivity index (χ0n) is 13.3. The van der Waals surface area contributed by atoms with Crippen LogP contribution in [0.1, 0.15) is 11.6 Å². The number of amides is 2. The minimum atomic E-state index is -0.699. The van der Waals surface area contributed by atoms with Crippen LogP contribution in [0.2, 0.25) is 0 Å². The topological polar surface area (TPSA) is 84.9 Å². The van der Waals surface area contributed by atoms with Gasteiger partial charge < -0.3 is 19.7 Å². The number of nitrogens with zero attached hydrogens (tertiary/aromatic N) is 1. The Balaban J connectivity index is 2.70. The second kappa shape index (κ2) is 9.24. The predicted octanol–water partition coefficient (Wildman–Crippen LogP) is 1.27. The van der Waals surface area contributed by atoms with E-state index in [0.717, 1.165) is 17.7 Å². The molecule has 124 valence electrons. The van der Waals surface area contributed by atoms with Crippen molar-refractivity contribution in [3.05, 3.63) is 48.0 Å². The van der Waals surface area contributed by atoms with Gasteiger partial charge in [-0.1, -0.05) is 30.3 Å². The number of carbonyl (C=O) groups is 3. The van der Waals surface area contributed by atoms with Gasteiger partial charge >= 0.3 is 18.0 Å². The third-order valence-corrected chi connectivity index (χ3v) is 2.85. The molecule has 0 aliphatic carbocycles. The summed E-state index contributed by atoms with van der Waals surface area (Å²) >= 11 is 0. The third kappa shape index (κ3) is 6.64. The van der Waals surface area contributed by atoms with Crippen LogP contribution in [0.4, 0.5) is 4.79 Å². The van der Waals surface area contributed by atoms with Gasteiger partial charge in [0.2, 0.25) is 0 Å². The molecule has 0 heterocycles. The molecule has 0 unspecified atom stereocenters. The molecule has 7 heteroatoms. The van der Waals surface area contributed by atoms with E-state index >= 15 is 0 Å². The van der Waals surface area contributed by atoms with E-state index in [-0.39, 0.29) is 12.6 Å². The number of urea groups is 1. The Labute approximate surface area is 134 Å². The third-order valence-electron chi connectivity index (χ3n) is 2.85. The molecule has 1 aromatic rings. The molecule has 0 saturated carbocycles. The van der Waals surface area contributed by atoms with Crippen LogP contribution in [-0.4, -0.2) is 50.7 Å². The number of nitrogens with one attached hydrogen (secondary N) is 1. The Morgan fingerprint density at radius 2 is 1.74 bits per heavy atom. The van der Waals surface area contributed by atoms with Gasteiger partial charge in [0.25, 0.3) is 0 Å². The summed E-state index contributed by atoms with van der Waals surface area (Å²) in [7, 11) is 4.44. The standard InChI is InChI=1S/C16H20N2O5/c1-18(2)16(21)17-13(12-7-5-4-6-8-12)11-23-15(20)10-9-14(19)22-3/h4-10,13H,11H2,1-3H3,(H,17,21)/b10-9+/t13-/m0/s1. The molecule has 0 saturated heterocycles. The molecule has 1 N–H and O–H groups in total. The number of hydrogen-bond donors (Lipinski definition) is 1. The first-order valence-corrected chi connectivity index (χ1v) is 6.89. The summed E-state index contributed by atoms with van der Waals surface area (Å²) in [5.41, 5.74) is 0.799. The van der Waals surface area contributed by atoms with Crippen LogP contribution in [0.5, 0.6) is 0 Å². The van der Waals surface area contributed by atoms with Crippen molar-refractivity contribution in [2.45, 2.75) is 6.04 Å². The number of hydrogen-bond acceptors (Lipinski definition) is 5. The molecule has 0 bridgehead atoms. The lowest BCUT2D eigenvalue weighted by atomic mass is 10.1. The summed E-state index contributed by atoms with van der Waals surface area (Å²) in [5, 5.41) is 2.76. The number of esters is 2. The maximum absolute atomic E-state index is 11.8. The van der Waals surface area contributed by atoms with Crippen molar-refractivity contribution in [2.75, 3.05) is 27.8 Å². The Morgan fingerprint density at radius 3 is 2.30 bits per heavy atom. The lowest BCUT2D eigenvalue weighted by molar-refractivity contribution is -0.139. The number of benzene rings is 1. The Morgan fingerprint density at radius 1 is 1.13 bits per heavy atom. The molecule has 0 aromatic heterocycles. The molecule has 0 aliphatic heterocycles. The van der Waals surface area contributed by atoms with E-state index in [4.69, 9.17) is 4.74 Å². The fourth-order valence-corrected chi connectivity index (χ4v) is 1.60. The highest BCUT2D eigenvalue weighted by Gasteiger charge is 2.17. The molecular weight excluding hydrogens is 300 g/mol. The average molecular weight is 320 g/mol. The van der Waals surface area contributed by atoms with Gasteiger partial charge in [-0.25, -0.2) is 14.4 Å². The Kier molecular flexibility index (Phi) is 7.32. The molecule has 2 amide bonds. The first kappa shape index (κ1) is 18.2. The molecule has 0 fully saturated rings. The number of methoxy groups -OCH3 is 1. The molecule has 0 radical (unpaired) electrons. The van der Waals surface area contributed by atoms with E-state index in [9.17, 15) is 14.4 Å². The van der Waals surface area contributed by atoms with E-state index in [2.05, 4.69) is 10.1 Å². The van der Waals surface area contributed by atoms with Crippen molar-refractivity contribution in [1.82, 2.24) is 10.2 Å². The molecule has 0 spiro atoms. The quantitative estimate of drug-likeness (QED) is 0.630. The monoisotopic (exact) mass is 320 g/mol. The Bertz CT molecular complexity index is 569. The highest BCUT2D eigenvalue weighted by Crippen LogP contribution is 2.13. The van der Waals surface area contributed by atoms with Gasteiger partial charge in [-0.3, -0.25) is 0 Å². The first-order chi connectivity index (χ1) is 10.9. The maximum atomic E-state index is 11.8. The smallest absolute Gasteiger partial charge is 0.331 e. The van der Waals surface area contributed by atoms with Crippen LogP contribution < -0.4 is 5.32 Å². The maximum Gasteiger partial charge on any atom is 0.331 e. The van der Waals surface area contributed by atoms with Gasteiger partial charge in [-0.15, -0.1) is 0 Å². The van der Waals surface area contributed by atoms with Crippen LogP contribution in [0.3, 0.4) is 0 Å². The van der Waals surface area contributed by atoms with Gasteiger partial charge in [0.1, 0.15) is 6.61 Å². The van der Waals surface area contributed by atoms with Gasteiger partial charge in [0, 0.05) is 26.2 Å². The lowest BCUT2D eigenvalue weighted by Gasteiger charge is -2.21. The van der Waals surface area contributed by atoms with Gasteiger partial charge in [-0.2, -0.15) is 0 Å². The zero-order chi connectivity index (χ0) is 17.2. The van der Waals surface area contributed by atoms with Crippen molar-refractivity contribution in [2.24, 2.45) is 0 Å². The van der Waals surface area contributed by atoms with Crippen LogP contribution in [-0.2, 0) is 19.1 Å². The van der Waals surface area contributed by atoms with E-state index in [1.807, 2.05) is 30.3 Å². The molecule has 1 aromatic carbocycles.